The first kappa shape index (κ1) is 33.8. The molecular formula is C59H53N5OPt-2. The van der Waals surface area contributed by atoms with Crippen LogP contribution in [0.3, 0.4) is 0 Å². The Labute approximate surface area is 416 Å². The summed E-state index contributed by atoms with van der Waals surface area (Å²) in [6.45, 7) is 18.3. The summed E-state index contributed by atoms with van der Waals surface area (Å²) in [5.41, 5.74) is 3.77. The van der Waals surface area contributed by atoms with Gasteiger partial charge in [0.15, 0.2) is 0 Å². The van der Waals surface area contributed by atoms with Gasteiger partial charge in [0, 0.05) is 38.5 Å². The Bertz CT molecular complexity index is 3850. The van der Waals surface area contributed by atoms with Gasteiger partial charge >= 0.3 is 0 Å². The molecule has 6 aromatic carbocycles. The second-order valence-corrected chi connectivity index (χ2v) is 19.3. The molecule has 6 nitrogen and oxygen atoms in total. The number of fused-ring (bicyclic) bond motifs is 4. The zero-order chi connectivity index (χ0) is 54.0. The Hall–Kier alpha value is -6.62. The van der Waals surface area contributed by atoms with Gasteiger partial charge in [-0.3, -0.25) is 14.1 Å². The van der Waals surface area contributed by atoms with Crippen LogP contribution in [-0.4, -0.2) is 19.1 Å². The van der Waals surface area contributed by atoms with Crippen molar-refractivity contribution in [1.82, 2.24) is 19.1 Å². The zero-order valence-electron chi connectivity index (χ0n) is 48.2. The Morgan fingerprint density at radius 2 is 1.18 bits per heavy atom. The topological polar surface area (TPSA) is 48.8 Å². The molecule has 0 radical (unpaired) electrons. The molecule has 0 aliphatic rings. The van der Waals surface area contributed by atoms with Gasteiger partial charge < -0.3 is 9.30 Å². The second-order valence-electron chi connectivity index (χ2n) is 19.3. The van der Waals surface area contributed by atoms with E-state index in [2.05, 4.69) is 62.0 Å². The van der Waals surface area contributed by atoms with E-state index in [1.54, 1.807) is 21.4 Å². The Morgan fingerprint density at radius 1 is 0.591 bits per heavy atom. The largest absolute Gasteiger partial charge is 0.522 e. The fourth-order valence-electron chi connectivity index (χ4n) is 8.54. The van der Waals surface area contributed by atoms with Crippen LogP contribution in [-0.2, 0) is 37.3 Å². The fourth-order valence-corrected chi connectivity index (χ4v) is 8.54. The van der Waals surface area contributed by atoms with Crippen molar-refractivity contribution in [2.24, 2.45) is 0 Å². The second kappa shape index (κ2) is 17.0. The maximum absolute atomic E-state index is 9.45. The molecular weight excluding hydrogens is 990 g/mol. The predicted octanol–water partition coefficient (Wildman–Crippen LogP) is 14.2. The Morgan fingerprint density at radius 3 is 1.82 bits per heavy atom. The molecule has 0 amide bonds. The number of hydrogen-bond donors (Lipinski definition) is 0. The predicted molar refractivity (Wildman–Crippen MR) is 265 cm³/mol. The van der Waals surface area contributed by atoms with Crippen molar-refractivity contribution in [2.45, 2.75) is 78.6 Å². The third-order valence-electron chi connectivity index (χ3n) is 11.7. The monoisotopic (exact) mass is 1050 g/mol. The molecule has 0 bridgehead atoms. The maximum atomic E-state index is 9.45. The van der Waals surface area contributed by atoms with Gasteiger partial charge in [-0.25, -0.2) is 4.98 Å². The number of rotatable bonds is 7. The summed E-state index contributed by atoms with van der Waals surface area (Å²) in [5, 5.41) is 2.00. The van der Waals surface area contributed by atoms with Gasteiger partial charge in [0.1, 0.15) is 5.82 Å². The summed E-state index contributed by atoms with van der Waals surface area (Å²) in [7, 11) is 0. The minimum Gasteiger partial charge on any atom is -0.522 e. The number of ether oxygens (including phenoxy) is 1. The van der Waals surface area contributed by atoms with Gasteiger partial charge in [-0.2, -0.15) is 18.2 Å². The van der Waals surface area contributed by atoms with E-state index >= 15 is 0 Å². The van der Waals surface area contributed by atoms with Crippen molar-refractivity contribution in [3.63, 3.8) is 0 Å². The van der Waals surface area contributed by atoms with E-state index in [0.29, 0.717) is 33.7 Å². The van der Waals surface area contributed by atoms with E-state index < -0.39 is 71.3 Å². The van der Waals surface area contributed by atoms with Gasteiger partial charge in [-0.05, 0) is 84.5 Å². The third-order valence-corrected chi connectivity index (χ3v) is 11.7. The zero-order valence-corrected chi connectivity index (χ0v) is 40.5. The average molecular weight is 1050 g/mol. The van der Waals surface area contributed by atoms with Crippen molar-refractivity contribution in [2.75, 3.05) is 0 Å². The quantitative estimate of drug-likeness (QED) is 0.118. The molecule has 0 aliphatic carbocycles. The van der Waals surface area contributed by atoms with Crippen LogP contribution in [0.1, 0.15) is 92.7 Å². The summed E-state index contributed by atoms with van der Waals surface area (Å²) >= 11 is 0. The first-order chi connectivity index (χ1) is 35.3. The van der Waals surface area contributed by atoms with Crippen LogP contribution in [0.15, 0.2) is 158 Å². The molecule has 7 heteroatoms. The average Bonchev–Trinajstić information content (AvgIpc) is 3.95. The number of imidazole rings is 1. The van der Waals surface area contributed by atoms with E-state index in [4.69, 9.17) is 22.9 Å². The molecule has 10 aromatic rings. The summed E-state index contributed by atoms with van der Waals surface area (Å²) in [6, 6.07) is 28.6. The Balaban J connectivity index is 0.00000706. The van der Waals surface area contributed by atoms with Crippen LogP contribution in [0.4, 0.5) is 0 Å². The van der Waals surface area contributed by atoms with E-state index in [1.807, 2.05) is 108 Å². The molecule has 0 fully saturated rings. The number of pyridine rings is 2. The van der Waals surface area contributed by atoms with Crippen molar-refractivity contribution in [3.8, 4) is 51.1 Å². The molecule has 10 rings (SSSR count). The Kier molecular flexibility index (Phi) is 8.70. The van der Waals surface area contributed by atoms with E-state index in [1.165, 1.54) is 0 Å². The number of benzene rings is 6. The third kappa shape index (κ3) is 8.06. The van der Waals surface area contributed by atoms with Gasteiger partial charge in [0.2, 0.25) is 0 Å². The van der Waals surface area contributed by atoms with E-state index in [0.717, 1.165) is 33.2 Å². The fraction of sp³-hybridized carbons (Fsp3) is 0.203. The van der Waals surface area contributed by atoms with Gasteiger partial charge in [-0.15, -0.1) is 17.5 Å². The molecule has 0 N–H and O–H groups in total. The van der Waals surface area contributed by atoms with Crippen LogP contribution in [0.25, 0.3) is 72.4 Å². The van der Waals surface area contributed by atoms with Crippen molar-refractivity contribution in [3.05, 3.63) is 193 Å². The standard InChI is InChI=1S/C59H53N5O.Pt/c1-57(2,3)41-30-32-61-53(34-41)64-48-25-17-16-24-44(48)45-29-28-42(35-51(45)64)65-43-31-33-60-52(36-43)62-38-63(50-27-19-18-26-49(50)62)56-54(39-20-12-10-13-21-39)46(58(4,5)6)37-47(59(7,8)9)55(56)40-22-14-11-15-23-40;/h10-34,37H,1-9H3;/q-2;/i10D,11D,12D,13D,14D,15D,20D,21D,22D,23D;. The van der Waals surface area contributed by atoms with Gasteiger partial charge in [0.25, 0.3) is 6.33 Å². The smallest absolute Gasteiger partial charge is 0.269 e. The number of nitrogens with zero attached hydrogens (tertiary/aromatic N) is 5. The normalized spacial score (nSPS) is 14.3. The summed E-state index contributed by atoms with van der Waals surface area (Å²) < 4.78 is 103. The van der Waals surface area contributed by atoms with Crippen LogP contribution in [0.2, 0.25) is 0 Å². The first-order valence-electron chi connectivity index (χ1n) is 26.6. The maximum Gasteiger partial charge on any atom is 0.269 e. The number of aromatic nitrogens is 5. The molecule has 0 atom stereocenters. The van der Waals surface area contributed by atoms with Crippen LogP contribution >= 0.6 is 0 Å². The molecule has 0 spiro atoms. The van der Waals surface area contributed by atoms with Gasteiger partial charge in [-0.1, -0.05) is 183 Å². The minimum atomic E-state index is -0.771. The SMILES string of the molecule is [2H]c1c([2H])c([2H])c(-c2c(C(C)(C)C)cc(C(C)(C)C)c(-c3c([2H])c([2H])c([2H])c([2H])c3[2H])c2-[n+]2[c-]n(-c3[c-]c(Oc4[c-]c5c(cc4)c4ccccc4n5-c4cc(C(C)(C)C)ccn4)ccn3)c3ccccc32)c([2H])c1[2H].[Pt]. The molecule has 0 saturated carbocycles. The van der Waals surface area contributed by atoms with E-state index in [9.17, 15) is 5.48 Å². The van der Waals surface area contributed by atoms with Crippen molar-refractivity contribution >= 4 is 32.8 Å². The van der Waals surface area contributed by atoms with Crippen molar-refractivity contribution < 1.29 is 44.1 Å². The minimum absolute atomic E-state index is 0. The van der Waals surface area contributed by atoms with Crippen LogP contribution < -0.4 is 9.30 Å². The van der Waals surface area contributed by atoms with Crippen molar-refractivity contribution in [1.29, 1.82) is 0 Å². The van der Waals surface area contributed by atoms with Crippen LogP contribution in [0.5, 0.6) is 11.5 Å². The summed E-state index contributed by atoms with van der Waals surface area (Å²) in [4.78, 5) is 9.58. The summed E-state index contributed by atoms with van der Waals surface area (Å²) in [5.74, 6) is 1.70. The summed E-state index contributed by atoms with van der Waals surface area (Å²) in [6.07, 6.45) is 6.90. The molecule has 332 valence electrons. The van der Waals surface area contributed by atoms with Gasteiger partial charge in [0.05, 0.1) is 36.2 Å². The molecule has 4 heterocycles. The van der Waals surface area contributed by atoms with Crippen LogP contribution in [0, 0.1) is 18.5 Å². The molecule has 0 saturated heterocycles. The first-order valence-corrected chi connectivity index (χ1v) is 21.6. The molecule has 0 aliphatic heterocycles. The molecule has 66 heavy (non-hydrogen) atoms. The van der Waals surface area contributed by atoms with E-state index in [-0.39, 0.29) is 60.2 Å². The molecule has 4 aromatic heterocycles. The molecule has 0 unspecified atom stereocenters. The number of hydrogen-bond acceptors (Lipinski definition) is 3. The number of para-hydroxylation sites is 3.